The van der Waals surface area contributed by atoms with Crippen molar-refractivity contribution in [3.8, 4) is 44.5 Å². The maximum absolute atomic E-state index is 2.45. The Labute approximate surface area is 350 Å². The first-order valence-corrected chi connectivity index (χ1v) is 22.1. The van der Waals surface area contributed by atoms with E-state index in [1.807, 2.05) is 22.7 Å². The Morgan fingerprint density at radius 2 is 0.898 bits per heavy atom. The van der Waals surface area contributed by atoms with E-state index in [-0.39, 0.29) is 5.41 Å². The number of thiophene rings is 2. The second-order valence-electron chi connectivity index (χ2n) is 16.7. The van der Waals surface area contributed by atoms with Crippen LogP contribution in [0.1, 0.15) is 25.0 Å². The fraction of sp³-hybridized carbons (Fsp3) is 0.0526. The zero-order valence-electron chi connectivity index (χ0n) is 32.6. The molecule has 0 atom stereocenters. The topological polar surface area (TPSA) is 0 Å². The number of hydrogen-bond donors (Lipinski definition) is 0. The lowest BCUT2D eigenvalue weighted by Crippen LogP contribution is -2.14. The Balaban J connectivity index is 0.919. The van der Waals surface area contributed by atoms with E-state index in [1.165, 1.54) is 128 Å². The molecule has 59 heavy (non-hydrogen) atoms. The molecule has 0 aliphatic heterocycles. The summed E-state index contributed by atoms with van der Waals surface area (Å²) in [6.07, 6.45) is 0. The first-order valence-electron chi connectivity index (χ1n) is 20.5. The smallest absolute Gasteiger partial charge is 0.0448 e. The lowest BCUT2D eigenvalue weighted by molar-refractivity contribution is 0.660. The van der Waals surface area contributed by atoms with E-state index < -0.39 is 0 Å². The van der Waals surface area contributed by atoms with Crippen LogP contribution in [-0.4, -0.2) is 0 Å². The molecule has 13 rings (SSSR count). The molecule has 2 aromatic heterocycles. The Bertz CT molecular complexity index is 3690. The Morgan fingerprint density at radius 1 is 0.339 bits per heavy atom. The highest BCUT2D eigenvalue weighted by Crippen LogP contribution is 2.52. The molecule has 0 N–H and O–H groups in total. The Kier molecular flexibility index (Phi) is 6.92. The first kappa shape index (κ1) is 33.4. The molecule has 0 fully saturated rings. The van der Waals surface area contributed by atoms with Crippen molar-refractivity contribution in [1.82, 2.24) is 0 Å². The second kappa shape index (κ2) is 12.2. The van der Waals surface area contributed by atoms with Crippen LogP contribution in [-0.2, 0) is 5.41 Å². The van der Waals surface area contributed by atoms with Gasteiger partial charge in [0, 0.05) is 45.8 Å². The van der Waals surface area contributed by atoms with Gasteiger partial charge in [0.2, 0.25) is 0 Å². The van der Waals surface area contributed by atoms with Gasteiger partial charge in [-0.1, -0.05) is 172 Å². The van der Waals surface area contributed by atoms with E-state index in [0.717, 1.165) is 0 Å². The monoisotopic (exact) mass is 784 g/mol. The van der Waals surface area contributed by atoms with E-state index in [4.69, 9.17) is 0 Å². The lowest BCUT2D eigenvalue weighted by Gasteiger charge is -2.22. The fourth-order valence-corrected chi connectivity index (χ4v) is 13.0. The quantitative estimate of drug-likeness (QED) is 0.157. The van der Waals surface area contributed by atoms with E-state index in [1.54, 1.807) is 0 Å². The Hall–Kier alpha value is -6.58. The van der Waals surface area contributed by atoms with Gasteiger partial charge in [-0.3, -0.25) is 0 Å². The summed E-state index contributed by atoms with van der Waals surface area (Å²) in [5.41, 5.74) is 13.1. The van der Waals surface area contributed by atoms with Gasteiger partial charge in [0.15, 0.2) is 0 Å². The molecule has 0 unspecified atom stereocenters. The van der Waals surface area contributed by atoms with Crippen LogP contribution in [0.25, 0.3) is 117 Å². The molecule has 0 nitrogen and oxygen atoms in total. The van der Waals surface area contributed by atoms with Gasteiger partial charge < -0.3 is 0 Å². The molecule has 1 aliphatic carbocycles. The molecule has 2 heteroatoms. The third-order valence-corrected chi connectivity index (χ3v) is 15.7. The predicted molar refractivity (Wildman–Crippen MR) is 259 cm³/mol. The molecule has 0 saturated carbocycles. The molecule has 0 amide bonds. The largest absolute Gasteiger partial charge is 0.134 e. The third-order valence-electron chi connectivity index (χ3n) is 13.3. The lowest BCUT2D eigenvalue weighted by atomic mass is 9.81. The van der Waals surface area contributed by atoms with E-state index in [0.29, 0.717) is 0 Å². The van der Waals surface area contributed by atoms with Crippen LogP contribution in [0.5, 0.6) is 0 Å². The summed E-state index contributed by atoms with van der Waals surface area (Å²) in [7, 11) is 0. The van der Waals surface area contributed by atoms with Crippen molar-refractivity contribution in [3.63, 3.8) is 0 Å². The molecule has 276 valence electrons. The summed E-state index contributed by atoms with van der Waals surface area (Å²) in [5, 5.41) is 13.2. The van der Waals surface area contributed by atoms with Crippen LogP contribution in [0, 0.1) is 0 Å². The molecule has 0 bridgehead atoms. The summed E-state index contributed by atoms with van der Waals surface area (Å²) >= 11 is 3.85. The maximum Gasteiger partial charge on any atom is 0.0448 e. The highest BCUT2D eigenvalue weighted by atomic mass is 32.1. The van der Waals surface area contributed by atoms with Gasteiger partial charge in [-0.05, 0) is 112 Å². The van der Waals surface area contributed by atoms with Crippen molar-refractivity contribution in [2.75, 3.05) is 0 Å². The van der Waals surface area contributed by atoms with Crippen LogP contribution in [0.15, 0.2) is 182 Å². The van der Waals surface area contributed by atoms with Crippen LogP contribution in [0.3, 0.4) is 0 Å². The van der Waals surface area contributed by atoms with Crippen molar-refractivity contribution >= 4 is 95.3 Å². The summed E-state index contributed by atoms with van der Waals surface area (Å²) in [6.45, 7) is 4.71. The summed E-state index contributed by atoms with van der Waals surface area (Å²) < 4.78 is 5.50. The zero-order chi connectivity index (χ0) is 39.0. The van der Waals surface area contributed by atoms with Crippen molar-refractivity contribution in [2.24, 2.45) is 0 Å². The van der Waals surface area contributed by atoms with E-state index >= 15 is 0 Å². The minimum Gasteiger partial charge on any atom is -0.134 e. The molecule has 1 aliphatic rings. The van der Waals surface area contributed by atoms with Crippen LogP contribution in [0.4, 0.5) is 0 Å². The molecule has 10 aromatic carbocycles. The second-order valence-corrected chi connectivity index (χ2v) is 18.8. The van der Waals surface area contributed by atoms with Gasteiger partial charge >= 0.3 is 0 Å². The third kappa shape index (κ3) is 4.70. The van der Waals surface area contributed by atoms with Crippen LogP contribution in [0.2, 0.25) is 0 Å². The van der Waals surface area contributed by atoms with Gasteiger partial charge in [-0.25, -0.2) is 0 Å². The van der Waals surface area contributed by atoms with Crippen LogP contribution >= 0.6 is 22.7 Å². The molecule has 0 radical (unpaired) electrons. The minimum atomic E-state index is -0.0171. The number of benzene rings is 10. The molecule has 12 aromatic rings. The summed E-state index contributed by atoms with van der Waals surface area (Å²) in [6, 6.07) is 68.6. The number of fused-ring (bicyclic) bond motifs is 14. The van der Waals surface area contributed by atoms with Gasteiger partial charge in [-0.2, -0.15) is 0 Å². The first-order chi connectivity index (χ1) is 29.0. The predicted octanol–water partition coefficient (Wildman–Crippen LogP) is 17.2. The summed E-state index contributed by atoms with van der Waals surface area (Å²) in [4.78, 5) is 0. The normalized spacial score (nSPS) is 13.4. The molecular weight excluding hydrogens is 749 g/mol. The molecule has 2 heterocycles. The fourth-order valence-electron chi connectivity index (χ4n) is 10.5. The maximum atomic E-state index is 2.45. The number of hydrogen-bond acceptors (Lipinski definition) is 2. The molecule has 0 saturated heterocycles. The average Bonchev–Trinajstić information content (AvgIpc) is 3.93. The SMILES string of the molecule is CC1(C)c2ccccc2-c2cc(-c3c4ccccc4c(-c4ccc(-c5ccc6c(ccc7c6sc6ccc8c9ccccc9sc8c67)c5)cc4)c4ccccc34)ccc21. The molecule has 0 spiro atoms. The van der Waals surface area contributed by atoms with Crippen molar-refractivity contribution in [3.05, 3.63) is 193 Å². The molecular formula is C57H36S2. The standard InChI is InChI=1S/C57H36S2/c1-57(2)48-17-9-7-11-39(48)47-32-37(25-29-49(47)57)53-43-15-5-3-13-41(43)52(42-14-4-6-16-44(42)53)34-21-19-33(20-22-34)35-23-26-38-36(31-35)24-27-46-54-51(59-55(38)46)30-28-45-40-12-8-10-18-50(40)58-56(45)54/h3-32H,1-2H3. The van der Waals surface area contributed by atoms with Crippen molar-refractivity contribution < 1.29 is 0 Å². The van der Waals surface area contributed by atoms with E-state index in [9.17, 15) is 0 Å². The van der Waals surface area contributed by atoms with Gasteiger partial charge in [0.05, 0.1) is 0 Å². The average molecular weight is 785 g/mol. The Morgan fingerprint density at radius 3 is 1.66 bits per heavy atom. The van der Waals surface area contributed by atoms with Crippen LogP contribution < -0.4 is 0 Å². The minimum absolute atomic E-state index is 0.0171. The van der Waals surface area contributed by atoms with Crippen molar-refractivity contribution in [2.45, 2.75) is 19.3 Å². The highest BCUT2D eigenvalue weighted by Gasteiger charge is 2.35. The van der Waals surface area contributed by atoms with Gasteiger partial charge in [-0.15, -0.1) is 22.7 Å². The summed E-state index contributed by atoms with van der Waals surface area (Å²) in [5.74, 6) is 0. The van der Waals surface area contributed by atoms with Gasteiger partial charge in [0.25, 0.3) is 0 Å². The van der Waals surface area contributed by atoms with E-state index in [2.05, 4.69) is 196 Å². The van der Waals surface area contributed by atoms with Crippen molar-refractivity contribution in [1.29, 1.82) is 0 Å². The highest BCUT2D eigenvalue weighted by molar-refractivity contribution is 7.30. The van der Waals surface area contributed by atoms with Gasteiger partial charge in [0.1, 0.15) is 0 Å². The zero-order valence-corrected chi connectivity index (χ0v) is 34.3. The number of rotatable bonds is 3.